The molecule has 108 valence electrons. The van der Waals surface area contributed by atoms with E-state index >= 15 is 0 Å². The van der Waals surface area contributed by atoms with Crippen molar-refractivity contribution in [1.82, 2.24) is 20.2 Å². The molecule has 1 heterocycles. The molecular weight excluding hydrogens is 318 g/mol. The summed E-state index contributed by atoms with van der Waals surface area (Å²) in [5, 5.41) is 4.26. The smallest absolute Gasteiger partial charge is 0.138 e. The van der Waals surface area contributed by atoms with Crippen LogP contribution in [0.5, 0.6) is 0 Å². The van der Waals surface area contributed by atoms with Gasteiger partial charge < -0.3 is 0 Å². The predicted molar refractivity (Wildman–Crippen MR) is 83.1 cm³/mol. The van der Waals surface area contributed by atoms with Gasteiger partial charge in [0.1, 0.15) is 12.2 Å². The molecule has 1 atom stereocenters. The molecule has 1 aromatic heterocycles. The van der Waals surface area contributed by atoms with Gasteiger partial charge in [0.15, 0.2) is 0 Å². The number of rotatable bonds is 5. The SMILES string of the molecule is Cc1ccc(C(Cc2ncnn2C(C)C)NN)cc1Br. The van der Waals surface area contributed by atoms with E-state index in [0.717, 1.165) is 15.9 Å². The van der Waals surface area contributed by atoms with Crippen molar-refractivity contribution in [3.8, 4) is 0 Å². The van der Waals surface area contributed by atoms with Gasteiger partial charge in [0.25, 0.3) is 0 Å². The number of hydrazine groups is 1. The molecule has 0 spiro atoms. The van der Waals surface area contributed by atoms with Crippen LogP contribution in [-0.2, 0) is 6.42 Å². The summed E-state index contributed by atoms with van der Waals surface area (Å²) in [5.41, 5.74) is 5.20. The zero-order valence-electron chi connectivity index (χ0n) is 12.0. The first-order chi connectivity index (χ1) is 9.52. The first-order valence-corrected chi connectivity index (χ1v) is 7.42. The standard InChI is InChI=1S/C14H20BrN5/c1-9(2)20-14(17-8-18-20)7-13(19-16)11-5-4-10(3)12(15)6-11/h4-6,8-9,13,19H,7,16H2,1-3H3. The predicted octanol–water partition coefficient (Wildman–Crippen LogP) is 2.68. The van der Waals surface area contributed by atoms with E-state index in [-0.39, 0.29) is 12.1 Å². The van der Waals surface area contributed by atoms with E-state index in [2.05, 4.69) is 70.4 Å². The minimum absolute atomic E-state index is 0.00796. The summed E-state index contributed by atoms with van der Waals surface area (Å²) in [6, 6.07) is 6.55. The van der Waals surface area contributed by atoms with Crippen molar-refractivity contribution in [3.05, 3.63) is 46.0 Å². The van der Waals surface area contributed by atoms with Gasteiger partial charge in [0, 0.05) is 16.9 Å². The number of halogens is 1. The summed E-state index contributed by atoms with van der Waals surface area (Å²) in [6.45, 7) is 6.24. The summed E-state index contributed by atoms with van der Waals surface area (Å²) in [4.78, 5) is 4.34. The summed E-state index contributed by atoms with van der Waals surface area (Å²) >= 11 is 3.56. The Kier molecular flexibility index (Phi) is 4.91. The lowest BCUT2D eigenvalue weighted by atomic mass is 10.0. The number of hydrogen-bond donors (Lipinski definition) is 2. The number of hydrogen-bond acceptors (Lipinski definition) is 4. The van der Waals surface area contributed by atoms with Gasteiger partial charge in [0.2, 0.25) is 0 Å². The fraction of sp³-hybridized carbons (Fsp3) is 0.429. The lowest BCUT2D eigenvalue weighted by molar-refractivity contribution is 0.468. The molecule has 2 aromatic rings. The largest absolute Gasteiger partial charge is 0.271 e. The second-order valence-electron chi connectivity index (χ2n) is 5.15. The molecule has 5 nitrogen and oxygen atoms in total. The van der Waals surface area contributed by atoms with Crippen molar-refractivity contribution in [1.29, 1.82) is 0 Å². The fourth-order valence-electron chi connectivity index (χ4n) is 2.13. The lowest BCUT2D eigenvalue weighted by Crippen LogP contribution is -2.30. The van der Waals surface area contributed by atoms with Crippen LogP contribution in [-0.4, -0.2) is 14.8 Å². The van der Waals surface area contributed by atoms with Crippen LogP contribution in [0.15, 0.2) is 29.0 Å². The van der Waals surface area contributed by atoms with Crippen molar-refractivity contribution in [2.75, 3.05) is 0 Å². The van der Waals surface area contributed by atoms with Crippen molar-refractivity contribution in [3.63, 3.8) is 0 Å². The maximum absolute atomic E-state index is 5.71. The molecule has 20 heavy (non-hydrogen) atoms. The number of aromatic nitrogens is 3. The molecule has 1 aromatic carbocycles. The molecule has 6 heteroatoms. The normalized spacial score (nSPS) is 12.9. The maximum atomic E-state index is 5.71. The lowest BCUT2D eigenvalue weighted by Gasteiger charge is -2.18. The minimum atomic E-state index is 0.00796. The number of nitrogens with zero attached hydrogens (tertiary/aromatic N) is 3. The van der Waals surface area contributed by atoms with Crippen molar-refractivity contribution >= 4 is 15.9 Å². The van der Waals surface area contributed by atoms with E-state index in [1.807, 2.05) is 4.68 Å². The highest BCUT2D eigenvalue weighted by atomic mass is 79.9. The van der Waals surface area contributed by atoms with Crippen LogP contribution in [0.25, 0.3) is 0 Å². The molecule has 0 bridgehead atoms. The molecular formula is C14H20BrN5. The van der Waals surface area contributed by atoms with E-state index in [4.69, 9.17) is 5.84 Å². The Balaban J connectivity index is 2.24. The summed E-state index contributed by atoms with van der Waals surface area (Å²) < 4.78 is 3.01. The summed E-state index contributed by atoms with van der Waals surface area (Å²) in [7, 11) is 0. The van der Waals surface area contributed by atoms with E-state index in [1.54, 1.807) is 6.33 Å². The molecule has 3 N–H and O–H groups in total. The Morgan fingerprint density at radius 1 is 1.40 bits per heavy atom. The molecule has 0 aliphatic carbocycles. The molecule has 1 unspecified atom stereocenters. The van der Waals surface area contributed by atoms with Gasteiger partial charge in [-0.05, 0) is 38.0 Å². The third-order valence-corrected chi connectivity index (χ3v) is 4.18. The van der Waals surface area contributed by atoms with Crippen LogP contribution in [0.3, 0.4) is 0 Å². The fourth-order valence-corrected chi connectivity index (χ4v) is 2.53. The Bertz CT molecular complexity index is 579. The van der Waals surface area contributed by atoms with Crippen LogP contribution >= 0.6 is 15.9 Å². The van der Waals surface area contributed by atoms with Gasteiger partial charge in [-0.2, -0.15) is 5.10 Å². The van der Waals surface area contributed by atoms with E-state index in [9.17, 15) is 0 Å². The van der Waals surface area contributed by atoms with Gasteiger partial charge in [-0.25, -0.2) is 9.67 Å². The Morgan fingerprint density at radius 3 is 2.75 bits per heavy atom. The van der Waals surface area contributed by atoms with E-state index in [1.165, 1.54) is 5.56 Å². The van der Waals surface area contributed by atoms with Gasteiger partial charge in [-0.3, -0.25) is 11.3 Å². The van der Waals surface area contributed by atoms with Gasteiger partial charge in [0.05, 0.1) is 6.04 Å². The number of nitrogens with two attached hydrogens (primary N) is 1. The van der Waals surface area contributed by atoms with Gasteiger partial charge in [-0.1, -0.05) is 28.1 Å². The highest BCUT2D eigenvalue weighted by molar-refractivity contribution is 9.10. The second kappa shape index (κ2) is 6.47. The highest BCUT2D eigenvalue weighted by Gasteiger charge is 2.16. The first kappa shape index (κ1) is 15.2. The Labute approximate surface area is 127 Å². The van der Waals surface area contributed by atoms with E-state index in [0.29, 0.717) is 6.42 Å². The van der Waals surface area contributed by atoms with Crippen LogP contribution in [0.1, 0.15) is 42.9 Å². The van der Waals surface area contributed by atoms with Crippen LogP contribution in [0, 0.1) is 6.92 Å². The van der Waals surface area contributed by atoms with Crippen LogP contribution in [0.4, 0.5) is 0 Å². The molecule has 0 radical (unpaired) electrons. The van der Waals surface area contributed by atoms with E-state index < -0.39 is 0 Å². The zero-order valence-corrected chi connectivity index (χ0v) is 13.6. The average Bonchev–Trinajstić information content (AvgIpc) is 2.87. The molecule has 0 saturated carbocycles. The van der Waals surface area contributed by atoms with Crippen LogP contribution in [0.2, 0.25) is 0 Å². The molecule has 0 saturated heterocycles. The van der Waals surface area contributed by atoms with Crippen LogP contribution < -0.4 is 11.3 Å². The monoisotopic (exact) mass is 337 g/mol. The Hall–Kier alpha value is -1.24. The molecule has 2 rings (SSSR count). The Morgan fingerprint density at radius 2 is 2.15 bits per heavy atom. The van der Waals surface area contributed by atoms with Crippen molar-refractivity contribution in [2.45, 2.75) is 39.3 Å². The topological polar surface area (TPSA) is 68.8 Å². The molecule has 0 aliphatic heterocycles. The highest BCUT2D eigenvalue weighted by Crippen LogP contribution is 2.24. The minimum Gasteiger partial charge on any atom is -0.271 e. The van der Waals surface area contributed by atoms with Crippen molar-refractivity contribution < 1.29 is 0 Å². The molecule has 0 aliphatic rings. The zero-order chi connectivity index (χ0) is 14.7. The van der Waals surface area contributed by atoms with Gasteiger partial charge >= 0.3 is 0 Å². The summed E-state index contributed by atoms with van der Waals surface area (Å²) in [5.74, 6) is 6.64. The van der Waals surface area contributed by atoms with Crippen molar-refractivity contribution in [2.24, 2.45) is 5.84 Å². The third-order valence-electron chi connectivity index (χ3n) is 3.32. The first-order valence-electron chi connectivity index (χ1n) is 6.63. The van der Waals surface area contributed by atoms with Gasteiger partial charge in [-0.15, -0.1) is 0 Å². The molecule has 0 fully saturated rings. The quantitative estimate of drug-likeness (QED) is 0.650. The average molecular weight is 338 g/mol. The number of benzene rings is 1. The molecule has 0 amide bonds. The summed E-state index contributed by atoms with van der Waals surface area (Å²) in [6.07, 6.45) is 2.29. The number of aryl methyl sites for hydroxylation is 1. The maximum Gasteiger partial charge on any atom is 0.138 e. The second-order valence-corrected chi connectivity index (χ2v) is 6.00. The third kappa shape index (κ3) is 3.26. The number of nitrogens with one attached hydrogen (secondary N) is 1.